The Hall–Kier alpha value is -2.28. The standard InChI is InChI=1S/C27H31NO4/c1-2-21-4-5-23-6-7-24(25-9-8-22(3-1)26(21)27(23)25)20-28-10-12-29-14-16-31-18-19-32-17-15-30-13-11-28/h1-9H,10-20H2. The Morgan fingerprint density at radius 2 is 1.03 bits per heavy atom. The van der Waals surface area contributed by atoms with E-state index in [1.165, 1.54) is 37.9 Å². The van der Waals surface area contributed by atoms with Crippen LogP contribution in [0.3, 0.4) is 0 Å². The maximum Gasteiger partial charge on any atom is 0.0701 e. The highest BCUT2D eigenvalue weighted by Gasteiger charge is 2.13. The van der Waals surface area contributed by atoms with Gasteiger partial charge in [0, 0.05) is 19.6 Å². The summed E-state index contributed by atoms with van der Waals surface area (Å²) in [6, 6.07) is 20.1. The lowest BCUT2D eigenvalue weighted by molar-refractivity contribution is 0.00206. The van der Waals surface area contributed by atoms with Gasteiger partial charge in [0.15, 0.2) is 0 Å². The molecule has 0 atom stereocenters. The smallest absolute Gasteiger partial charge is 0.0701 e. The van der Waals surface area contributed by atoms with Gasteiger partial charge in [-0.15, -0.1) is 0 Å². The second-order valence-corrected chi connectivity index (χ2v) is 8.31. The molecule has 4 aromatic rings. The minimum atomic E-state index is 0.601. The summed E-state index contributed by atoms with van der Waals surface area (Å²) in [5.41, 5.74) is 1.35. The predicted molar refractivity (Wildman–Crippen MR) is 129 cm³/mol. The van der Waals surface area contributed by atoms with Gasteiger partial charge in [-0.2, -0.15) is 0 Å². The van der Waals surface area contributed by atoms with Crippen molar-refractivity contribution in [2.45, 2.75) is 6.54 Å². The van der Waals surface area contributed by atoms with Crippen LogP contribution >= 0.6 is 0 Å². The van der Waals surface area contributed by atoms with Gasteiger partial charge in [0.1, 0.15) is 0 Å². The Balaban J connectivity index is 1.38. The van der Waals surface area contributed by atoms with Crippen LogP contribution in [0.4, 0.5) is 0 Å². The van der Waals surface area contributed by atoms with Gasteiger partial charge in [-0.05, 0) is 37.9 Å². The molecule has 1 heterocycles. The Morgan fingerprint density at radius 3 is 1.66 bits per heavy atom. The van der Waals surface area contributed by atoms with Crippen molar-refractivity contribution in [3.8, 4) is 0 Å². The SMILES string of the molecule is c1cc2ccc3ccc(CN4CCOCCOCCOCCOCC4)c4ccc(c1)c2c34. The van der Waals surface area contributed by atoms with Crippen LogP contribution in [-0.2, 0) is 25.5 Å². The highest BCUT2D eigenvalue weighted by Crippen LogP contribution is 2.36. The van der Waals surface area contributed by atoms with Crippen LogP contribution in [0.15, 0.2) is 54.6 Å². The molecule has 1 aliphatic heterocycles. The Kier molecular flexibility index (Phi) is 7.11. The number of rotatable bonds is 2. The molecule has 0 unspecified atom stereocenters. The van der Waals surface area contributed by atoms with Crippen LogP contribution in [0.25, 0.3) is 32.3 Å². The van der Waals surface area contributed by atoms with Crippen molar-refractivity contribution in [3.05, 3.63) is 60.2 Å². The van der Waals surface area contributed by atoms with Crippen molar-refractivity contribution in [3.63, 3.8) is 0 Å². The van der Waals surface area contributed by atoms with Crippen LogP contribution in [0.2, 0.25) is 0 Å². The topological polar surface area (TPSA) is 40.2 Å². The summed E-state index contributed by atoms with van der Waals surface area (Å²) in [6.45, 7) is 7.61. The van der Waals surface area contributed by atoms with Crippen LogP contribution in [0.1, 0.15) is 5.56 Å². The van der Waals surface area contributed by atoms with Crippen molar-refractivity contribution in [1.29, 1.82) is 0 Å². The normalized spacial score (nSPS) is 18.8. The van der Waals surface area contributed by atoms with Gasteiger partial charge < -0.3 is 18.9 Å². The highest BCUT2D eigenvalue weighted by molar-refractivity contribution is 6.23. The second kappa shape index (κ2) is 10.6. The number of ether oxygens (including phenoxy) is 4. The van der Waals surface area contributed by atoms with Gasteiger partial charge >= 0.3 is 0 Å². The molecule has 1 aliphatic rings. The lowest BCUT2D eigenvalue weighted by Crippen LogP contribution is -2.31. The number of hydrogen-bond acceptors (Lipinski definition) is 5. The maximum absolute atomic E-state index is 5.81. The predicted octanol–water partition coefficient (Wildman–Crippen LogP) is 4.47. The minimum absolute atomic E-state index is 0.601. The zero-order valence-electron chi connectivity index (χ0n) is 18.6. The third kappa shape index (κ3) is 4.87. The summed E-state index contributed by atoms with van der Waals surface area (Å²) in [7, 11) is 0. The van der Waals surface area contributed by atoms with Crippen molar-refractivity contribution in [2.24, 2.45) is 0 Å². The molecule has 5 nitrogen and oxygen atoms in total. The molecule has 0 N–H and O–H groups in total. The lowest BCUT2D eigenvalue weighted by Gasteiger charge is -2.24. The summed E-state index contributed by atoms with van der Waals surface area (Å²) < 4.78 is 22.7. The van der Waals surface area contributed by atoms with Crippen LogP contribution in [-0.4, -0.2) is 70.8 Å². The highest BCUT2D eigenvalue weighted by atomic mass is 16.6. The fraction of sp³-hybridized carbons (Fsp3) is 0.407. The molecule has 0 bridgehead atoms. The van der Waals surface area contributed by atoms with Crippen molar-refractivity contribution in [1.82, 2.24) is 4.90 Å². The van der Waals surface area contributed by atoms with E-state index in [1.807, 2.05) is 0 Å². The molecule has 0 aromatic heterocycles. The van der Waals surface area contributed by atoms with E-state index in [0.29, 0.717) is 52.9 Å². The molecule has 5 heteroatoms. The van der Waals surface area contributed by atoms with Crippen molar-refractivity contribution >= 4 is 32.3 Å². The summed E-state index contributed by atoms with van der Waals surface area (Å²) in [5.74, 6) is 0. The van der Waals surface area contributed by atoms with Gasteiger partial charge in [0.2, 0.25) is 0 Å². The molecular weight excluding hydrogens is 402 g/mol. The van der Waals surface area contributed by atoms with E-state index in [4.69, 9.17) is 18.9 Å². The average molecular weight is 434 g/mol. The summed E-state index contributed by atoms with van der Waals surface area (Å²) in [5, 5.41) is 7.99. The van der Waals surface area contributed by atoms with E-state index < -0.39 is 0 Å². The zero-order chi connectivity index (χ0) is 21.6. The molecule has 1 fully saturated rings. The van der Waals surface area contributed by atoms with Gasteiger partial charge in [-0.1, -0.05) is 54.6 Å². The van der Waals surface area contributed by atoms with Gasteiger partial charge in [0.05, 0.1) is 52.9 Å². The molecule has 0 radical (unpaired) electrons. The first-order chi connectivity index (χ1) is 15.9. The number of nitrogens with zero attached hydrogens (tertiary/aromatic N) is 1. The second-order valence-electron chi connectivity index (χ2n) is 8.31. The Morgan fingerprint density at radius 1 is 0.531 bits per heavy atom. The molecule has 1 saturated heterocycles. The van der Waals surface area contributed by atoms with Crippen LogP contribution in [0, 0.1) is 0 Å². The summed E-state index contributed by atoms with van der Waals surface area (Å²) >= 11 is 0. The van der Waals surface area contributed by atoms with Crippen molar-refractivity contribution < 1.29 is 18.9 Å². The van der Waals surface area contributed by atoms with Gasteiger partial charge in [0.25, 0.3) is 0 Å². The number of benzene rings is 4. The van der Waals surface area contributed by atoms with E-state index in [2.05, 4.69) is 59.5 Å². The molecule has 0 amide bonds. The molecule has 0 aliphatic carbocycles. The fourth-order valence-corrected chi connectivity index (χ4v) is 4.59. The first kappa shape index (κ1) is 21.6. The van der Waals surface area contributed by atoms with E-state index in [9.17, 15) is 0 Å². The first-order valence-corrected chi connectivity index (χ1v) is 11.6. The third-order valence-corrected chi connectivity index (χ3v) is 6.23. The minimum Gasteiger partial charge on any atom is -0.378 e. The summed E-state index contributed by atoms with van der Waals surface area (Å²) in [4.78, 5) is 2.42. The summed E-state index contributed by atoms with van der Waals surface area (Å²) in [6.07, 6.45) is 0. The van der Waals surface area contributed by atoms with E-state index in [-0.39, 0.29) is 0 Å². The van der Waals surface area contributed by atoms with Crippen molar-refractivity contribution in [2.75, 3.05) is 65.9 Å². The fourth-order valence-electron chi connectivity index (χ4n) is 4.59. The average Bonchev–Trinajstić information content (AvgIpc) is 2.84. The van der Waals surface area contributed by atoms with E-state index in [1.54, 1.807) is 0 Å². The van der Waals surface area contributed by atoms with Crippen LogP contribution < -0.4 is 0 Å². The van der Waals surface area contributed by atoms with Gasteiger partial charge in [-0.25, -0.2) is 0 Å². The number of hydrogen-bond donors (Lipinski definition) is 0. The quantitative estimate of drug-likeness (QED) is 0.437. The molecule has 4 aromatic carbocycles. The largest absolute Gasteiger partial charge is 0.378 e. The zero-order valence-corrected chi connectivity index (χ0v) is 18.6. The molecule has 0 saturated carbocycles. The van der Waals surface area contributed by atoms with E-state index in [0.717, 1.165) is 19.6 Å². The molecule has 5 rings (SSSR count). The first-order valence-electron chi connectivity index (χ1n) is 11.6. The Bertz CT molecular complexity index is 1110. The maximum atomic E-state index is 5.81. The Labute approximate surface area is 189 Å². The van der Waals surface area contributed by atoms with Crippen LogP contribution in [0.5, 0.6) is 0 Å². The molecule has 32 heavy (non-hydrogen) atoms. The van der Waals surface area contributed by atoms with E-state index >= 15 is 0 Å². The molecule has 0 spiro atoms. The molecule has 168 valence electrons. The third-order valence-electron chi connectivity index (χ3n) is 6.23. The monoisotopic (exact) mass is 433 g/mol. The lowest BCUT2D eigenvalue weighted by atomic mass is 9.92. The van der Waals surface area contributed by atoms with Gasteiger partial charge in [-0.3, -0.25) is 4.90 Å². The molecular formula is C27H31NO4.